The van der Waals surface area contributed by atoms with Crippen molar-refractivity contribution in [3.63, 3.8) is 0 Å². The molecule has 0 aromatic heterocycles. The van der Waals surface area contributed by atoms with E-state index in [2.05, 4.69) is 12.1 Å². The number of hydrogen-bond acceptors (Lipinski definition) is 3. The Morgan fingerprint density at radius 2 is 1.57 bits per heavy atom. The lowest BCUT2D eigenvalue weighted by Gasteiger charge is -2.09. The summed E-state index contributed by atoms with van der Waals surface area (Å²) in [7, 11) is -3.07. The first-order valence-electron chi connectivity index (χ1n) is 8.01. The Morgan fingerprint density at radius 1 is 0.913 bits per heavy atom. The third-order valence-corrected chi connectivity index (χ3v) is 5.93. The van der Waals surface area contributed by atoms with Gasteiger partial charge in [0.25, 0.3) is 0 Å². The maximum Gasteiger partial charge on any atom is 0.154 e. The summed E-state index contributed by atoms with van der Waals surface area (Å²) in [6.07, 6.45) is 1.72. The normalized spacial score (nSPS) is 18.2. The molecule has 4 heteroatoms. The maximum absolute atomic E-state index is 12.3. The molecule has 2 aromatic rings. The fourth-order valence-electron chi connectivity index (χ4n) is 2.97. The van der Waals surface area contributed by atoms with E-state index in [0.717, 1.165) is 18.4 Å². The Hall–Kier alpha value is -1.65. The second-order valence-corrected chi connectivity index (χ2v) is 8.37. The van der Waals surface area contributed by atoms with Crippen LogP contribution in [-0.4, -0.2) is 27.4 Å². The van der Waals surface area contributed by atoms with Crippen molar-refractivity contribution in [3.8, 4) is 0 Å². The van der Waals surface area contributed by atoms with E-state index in [4.69, 9.17) is 4.74 Å². The first kappa shape index (κ1) is 16.2. The van der Waals surface area contributed by atoms with Crippen LogP contribution in [0.25, 0.3) is 0 Å². The van der Waals surface area contributed by atoms with Crippen LogP contribution in [0.3, 0.4) is 0 Å². The molecule has 0 N–H and O–H groups in total. The van der Waals surface area contributed by atoms with Gasteiger partial charge < -0.3 is 4.74 Å². The number of ether oxygens (including phenoxy) is 1. The van der Waals surface area contributed by atoms with Crippen molar-refractivity contribution < 1.29 is 13.2 Å². The summed E-state index contributed by atoms with van der Waals surface area (Å²) in [6, 6.07) is 18.2. The zero-order chi connectivity index (χ0) is 16.1. The van der Waals surface area contributed by atoms with Crippen LogP contribution in [0.4, 0.5) is 0 Å². The SMILES string of the molecule is O=S(=O)(Cc1ccc(Cc2ccccc2)cc1)CC1CCOC1. The second-order valence-electron chi connectivity index (χ2n) is 6.26. The highest BCUT2D eigenvalue weighted by Crippen LogP contribution is 2.18. The van der Waals surface area contributed by atoms with Gasteiger partial charge in [0.1, 0.15) is 0 Å². The monoisotopic (exact) mass is 330 g/mol. The molecule has 0 amide bonds. The van der Waals surface area contributed by atoms with Gasteiger partial charge in [0, 0.05) is 6.61 Å². The highest BCUT2D eigenvalue weighted by atomic mass is 32.2. The first-order chi connectivity index (χ1) is 11.1. The standard InChI is InChI=1S/C19H22O3S/c20-23(21,15-19-10-11-22-13-19)14-18-8-6-17(7-9-18)12-16-4-2-1-3-5-16/h1-9,19H,10-15H2. The molecule has 1 fully saturated rings. The summed E-state index contributed by atoms with van der Waals surface area (Å²) in [6.45, 7) is 1.27. The molecule has 1 aliphatic heterocycles. The van der Waals surface area contributed by atoms with Crippen LogP contribution in [0, 0.1) is 5.92 Å². The summed E-state index contributed by atoms with van der Waals surface area (Å²) in [5.41, 5.74) is 3.32. The Balaban J connectivity index is 1.60. The average Bonchev–Trinajstić information content (AvgIpc) is 3.02. The van der Waals surface area contributed by atoms with Crippen LogP contribution < -0.4 is 0 Å². The highest BCUT2D eigenvalue weighted by Gasteiger charge is 2.23. The van der Waals surface area contributed by atoms with Gasteiger partial charge >= 0.3 is 0 Å². The predicted octanol–water partition coefficient (Wildman–Crippen LogP) is 3.23. The van der Waals surface area contributed by atoms with Crippen molar-refractivity contribution in [3.05, 3.63) is 71.3 Å². The second kappa shape index (κ2) is 7.28. The van der Waals surface area contributed by atoms with Gasteiger partial charge in [-0.1, -0.05) is 54.6 Å². The maximum atomic E-state index is 12.3. The summed E-state index contributed by atoms with van der Waals surface area (Å²) in [4.78, 5) is 0. The molecule has 0 radical (unpaired) electrons. The van der Waals surface area contributed by atoms with Gasteiger partial charge in [0.05, 0.1) is 18.1 Å². The molecule has 0 aliphatic carbocycles. The lowest BCUT2D eigenvalue weighted by atomic mass is 10.0. The lowest BCUT2D eigenvalue weighted by molar-refractivity contribution is 0.188. The van der Waals surface area contributed by atoms with E-state index in [1.165, 1.54) is 11.1 Å². The van der Waals surface area contributed by atoms with Gasteiger partial charge in [-0.3, -0.25) is 0 Å². The summed E-state index contributed by atoms with van der Waals surface area (Å²) >= 11 is 0. The van der Waals surface area contributed by atoms with Crippen LogP contribution in [0.2, 0.25) is 0 Å². The van der Waals surface area contributed by atoms with Crippen molar-refractivity contribution in [1.82, 2.24) is 0 Å². The molecule has 3 nitrogen and oxygen atoms in total. The zero-order valence-electron chi connectivity index (χ0n) is 13.1. The Bertz CT molecular complexity index is 715. The number of rotatable bonds is 6. The molecular formula is C19H22O3S. The van der Waals surface area contributed by atoms with Crippen molar-refractivity contribution in [2.24, 2.45) is 5.92 Å². The molecule has 2 aromatic carbocycles. The molecule has 0 spiro atoms. The smallest absolute Gasteiger partial charge is 0.154 e. The molecule has 1 atom stereocenters. The quantitative estimate of drug-likeness (QED) is 0.817. The third kappa shape index (κ3) is 4.91. The fourth-order valence-corrected chi connectivity index (χ4v) is 4.77. The van der Waals surface area contributed by atoms with Crippen LogP contribution in [0.1, 0.15) is 23.1 Å². The van der Waals surface area contributed by atoms with Gasteiger partial charge in [0.15, 0.2) is 9.84 Å². The third-order valence-electron chi connectivity index (χ3n) is 4.17. The Morgan fingerprint density at radius 3 is 2.22 bits per heavy atom. The molecule has 1 aliphatic rings. The van der Waals surface area contributed by atoms with E-state index in [1.807, 2.05) is 42.5 Å². The summed E-state index contributed by atoms with van der Waals surface area (Å²) in [5, 5.41) is 0. The van der Waals surface area contributed by atoms with E-state index >= 15 is 0 Å². The molecule has 0 bridgehead atoms. The fraction of sp³-hybridized carbons (Fsp3) is 0.368. The minimum atomic E-state index is -3.07. The van der Waals surface area contributed by atoms with E-state index in [9.17, 15) is 8.42 Å². The van der Waals surface area contributed by atoms with Crippen LogP contribution in [0.5, 0.6) is 0 Å². The number of benzene rings is 2. The molecule has 0 saturated carbocycles. The molecule has 1 saturated heterocycles. The summed E-state index contributed by atoms with van der Waals surface area (Å²) in [5.74, 6) is 0.519. The van der Waals surface area contributed by atoms with Crippen molar-refractivity contribution in [2.45, 2.75) is 18.6 Å². The Labute approximate surface area is 138 Å². The van der Waals surface area contributed by atoms with Crippen molar-refractivity contribution in [1.29, 1.82) is 0 Å². The zero-order valence-corrected chi connectivity index (χ0v) is 14.0. The van der Waals surface area contributed by atoms with Gasteiger partial charge in [-0.25, -0.2) is 8.42 Å². The van der Waals surface area contributed by atoms with Crippen molar-refractivity contribution in [2.75, 3.05) is 19.0 Å². The van der Waals surface area contributed by atoms with E-state index in [0.29, 0.717) is 13.2 Å². The number of sulfone groups is 1. The molecule has 23 heavy (non-hydrogen) atoms. The topological polar surface area (TPSA) is 43.4 Å². The Kier molecular flexibility index (Phi) is 5.13. The molecular weight excluding hydrogens is 308 g/mol. The van der Waals surface area contributed by atoms with Crippen LogP contribution in [-0.2, 0) is 26.7 Å². The predicted molar refractivity (Wildman–Crippen MR) is 92.1 cm³/mol. The summed E-state index contributed by atoms with van der Waals surface area (Å²) < 4.78 is 29.8. The highest BCUT2D eigenvalue weighted by molar-refractivity contribution is 7.90. The lowest BCUT2D eigenvalue weighted by Crippen LogP contribution is -2.18. The minimum Gasteiger partial charge on any atom is -0.381 e. The van der Waals surface area contributed by atoms with Gasteiger partial charge in [-0.05, 0) is 35.4 Å². The van der Waals surface area contributed by atoms with E-state index in [1.54, 1.807) is 0 Å². The largest absolute Gasteiger partial charge is 0.381 e. The average molecular weight is 330 g/mol. The number of hydrogen-bond donors (Lipinski definition) is 0. The van der Waals surface area contributed by atoms with Gasteiger partial charge in [-0.2, -0.15) is 0 Å². The van der Waals surface area contributed by atoms with E-state index < -0.39 is 9.84 Å². The first-order valence-corrected chi connectivity index (χ1v) is 9.83. The minimum absolute atomic E-state index is 0.120. The van der Waals surface area contributed by atoms with Crippen LogP contribution >= 0.6 is 0 Å². The van der Waals surface area contributed by atoms with Crippen LogP contribution in [0.15, 0.2) is 54.6 Å². The molecule has 122 valence electrons. The van der Waals surface area contributed by atoms with Crippen molar-refractivity contribution >= 4 is 9.84 Å². The molecule has 1 unspecified atom stereocenters. The van der Waals surface area contributed by atoms with Gasteiger partial charge in [-0.15, -0.1) is 0 Å². The molecule has 1 heterocycles. The van der Waals surface area contributed by atoms with E-state index in [-0.39, 0.29) is 17.4 Å². The molecule has 3 rings (SSSR count). The van der Waals surface area contributed by atoms with Gasteiger partial charge in [0.2, 0.25) is 0 Å².